The molecule has 0 aliphatic heterocycles. The minimum absolute atomic E-state index is 0.0653. The topological polar surface area (TPSA) is 93.5 Å². The van der Waals surface area contributed by atoms with Crippen LogP contribution in [0.5, 0.6) is 0 Å². The lowest BCUT2D eigenvalue weighted by molar-refractivity contribution is -0.384. The molecule has 0 aromatic heterocycles. The normalized spacial score (nSPS) is 10.9. The van der Waals surface area contributed by atoms with Gasteiger partial charge in [-0.2, -0.15) is 0 Å². The highest BCUT2D eigenvalue weighted by atomic mass is 16.6. The van der Waals surface area contributed by atoms with Gasteiger partial charge in [-0.15, -0.1) is 6.58 Å². The molecule has 0 fully saturated rings. The molecule has 0 bridgehead atoms. The molecule has 1 rings (SSSR count). The third-order valence-electron chi connectivity index (χ3n) is 2.01. The van der Waals surface area contributed by atoms with Crippen LogP contribution in [0.3, 0.4) is 0 Å². The lowest BCUT2D eigenvalue weighted by atomic mass is 10.2. The summed E-state index contributed by atoms with van der Waals surface area (Å²) in [6.07, 6.45) is 1.67. The lowest BCUT2D eigenvalue weighted by Gasteiger charge is -2.02. The highest BCUT2D eigenvalue weighted by molar-refractivity contribution is 5.77. The second-order valence-corrected chi connectivity index (χ2v) is 3.29. The third-order valence-corrected chi connectivity index (χ3v) is 2.01. The molecule has 0 spiro atoms. The predicted molar refractivity (Wildman–Crippen MR) is 66.6 cm³/mol. The minimum Gasteiger partial charge on any atom is -0.370 e. The van der Waals surface area contributed by atoms with Crippen molar-refractivity contribution in [2.45, 2.75) is 6.54 Å². The molecule has 6 heteroatoms. The molecule has 0 saturated heterocycles. The van der Waals surface area contributed by atoms with Crippen LogP contribution >= 0.6 is 0 Å². The Hall–Kier alpha value is -2.37. The van der Waals surface area contributed by atoms with Crippen LogP contribution in [0.25, 0.3) is 0 Å². The molecule has 0 amide bonds. The summed E-state index contributed by atoms with van der Waals surface area (Å²) in [5, 5.41) is 13.3. The van der Waals surface area contributed by atoms with Gasteiger partial charge >= 0.3 is 0 Å². The maximum Gasteiger partial charge on any atom is 0.269 e. The Bertz CT molecular complexity index is 426. The summed E-state index contributed by atoms with van der Waals surface area (Å²) in [7, 11) is 0. The number of benzene rings is 1. The third kappa shape index (κ3) is 4.33. The molecule has 0 atom stereocenters. The summed E-state index contributed by atoms with van der Waals surface area (Å²) >= 11 is 0. The molecule has 0 saturated carbocycles. The highest BCUT2D eigenvalue weighted by Gasteiger charge is 2.03. The van der Waals surface area contributed by atoms with Crippen molar-refractivity contribution in [1.29, 1.82) is 0 Å². The van der Waals surface area contributed by atoms with Crippen LogP contribution in [0.2, 0.25) is 0 Å². The number of nitrogens with zero attached hydrogens (tertiary/aromatic N) is 2. The molecular formula is C11H14N4O2. The summed E-state index contributed by atoms with van der Waals surface area (Å²) in [6.45, 7) is 4.47. The average molecular weight is 234 g/mol. The number of guanidine groups is 1. The molecule has 6 nitrogen and oxygen atoms in total. The molecule has 0 heterocycles. The summed E-state index contributed by atoms with van der Waals surface area (Å²) in [4.78, 5) is 14.1. The van der Waals surface area contributed by atoms with Crippen LogP contribution in [0.15, 0.2) is 41.9 Å². The zero-order valence-corrected chi connectivity index (χ0v) is 9.30. The van der Waals surface area contributed by atoms with E-state index in [4.69, 9.17) is 5.73 Å². The van der Waals surface area contributed by atoms with E-state index in [0.29, 0.717) is 19.0 Å². The van der Waals surface area contributed by atoms with Crippen LogP contribution in [0.4, 0.5) is 5.69 Å². The maximum absolute atomic E-state index is 10.4. The van der Waals surface area contributed by atoms with Crippen molar-refractivity contribution < 1.29 is 4.92 Å². The number of nitro groups is 1. The standard InChI is InChI=1S/C11H14N4O2/c1-2-7-13-11(12)14-8-9-3-5-10(6-4-9)15(16)17/h2-6H,1,7-8H2,(H3,12,13,14). The summed E-state index contributed by atoms with van der Waals surface area (Å²) < 4.78 is 0. The number of rotatable bonds is 5. The van der Waals surface area contributed by atoms with E-state index < -0.39 is 4.92 Å². The van der Waals surface area contributed by atoms with Crippen molar-refractivity contribution in [3.8, 4) is 0 Å². The van der Waals surface area contributed by atoms with Crippen molar-refractivity contribution in [1.82, 2.24) is 5.32 Å². The highest BCUT2D eigenvalue weighted by Crippen LogP contribution is 2.12. The molecule has 17 heavy (non-hydrogen) atoms. The first-order chi connectivity index (χ1) is 8.13. The van der Waals surface area contributed by atoms with E-state index in [1.165, 1.54) is 12.1 Å². The first-order valence-corrected chi connectivity index (χ1v) is 5.01. The van der Waals surface area contributed by atoms with Gasteiger partial charge in [0.2, 0.25) is 0 Å². The van der Waals surface area contributed by atoms with Gasteiger partial charge in [0.05, 0.1) is 11.5 Å². The molecule has 0 aliphatic carbocycles. The van der Waals surface area contributed by atoms with E-state index in [-0.39, 0.29) is 5.69 Å². The van der Waals surface area contributed by atoms with Crippen LogP contribution in [0, 0.1) is 10.1 Å². The number of hydrogen-bond donors (Lipinski definition) is 2. The zero-order valence-electron chi connectivity index (χ0n) is 9.30. The Morgan fingerprint density at radius 2 is 2.18 bits per heavy atom. The van der Waals surface area contributed by atoms with E-state index >= 15 is 0 Å². The zero-order chi connectivity index (χ0) is 12.7. The van der Waals surface area contributed by atoms with Crippen molar-refractivity contribution in [2.75, 3.05) is 6.54 Å². The quantitative estimate of drug-likeness (QED) is 0.263. The van der Waals surface area contributed by atoms with Gasteiger partial charge in [-0.1, -0.05) is 18.2 Å². The number of aliphatic imine (C=N–C) groups is 1. The van der Waals surface area contributed by atoms with Gasteiger partial charge in [-0.3, -0.25) is 10.1 Å². The van der Waals surface area contributed by atoms with Gasteiger partial charge < -0.3 is 11.1 Å². The van der Waals surface area contributed by atoms with Gasteiger partial charge in [-0.25, -0.2) is 4.99 Å². The van der Waals surface area contributed by atoms with Crippen LogP contribution in [-0.4, -0.2) is 17.4 Å². The SMILES string of the molecule is C=CCNC(N)=NCc1ccc([N+](=O)[O-])cc1. The fraction of sp³-hybridized carbons (Fsp3) is 0.182. The van der Waals surface area contributed by atoms with Gasteiger partial charge in [0, 0.05) is 18.7 Å². The van der Waals surface area contributed by atoms with E-state index in [1.54, 1.807) is 18.2 Å². The number of hydrogen-bond acceptors (Lipinski definition) is 3. The molecule has 1 aromatic rings. The maximum atomic E-state index is 10.4. The smallest absolute Gasteiger partial charge is 0.269 e. The number of non-ortho nitro benzene ring substituents is 1. The first-order valence-electron chi connectivity index (χ1n) is 5.01. The number of nitro benzene ring substituents is 1. The molecule has 3 N–H and O–H groups in total. The Morgan fingerprint density at radius 1 is 1.53 bits per heavy atom. The van der Waals surface area contributed by atoms with E-state index in [1.807, 2.05) is 0 Å². The van der Waals surface area contributed by atoms with Gasteiger partial charge in [-0.05, 0) is 5.56 Å². The predicted octanol–water partition coefficient (Wildman–Crippen LogP) is 1.19. The fourth-order valence-electron chi connectivity index (χ4n) is 1.13. The second kappa shape index (κ2) is 6.26. The van der Waals surface area contributed by atoms with E-state index in [0.717, 1.165) is 5.56 Å². The van der Waals surface area contributed by atoms with Crippen molar-refractivity contribution >= 4 is 11.6 Å². The van der Waals surface area contributed by atoms with E-state index in [9.17, 15) is 10.1 Å². The largest absolute Gasteiger partial charge is 0.370 e. The second-order valence-electron chi connectivity index (χ2n) is 3.29. The Balaban J connectivity index is 2.57. The van der Waals surface area contributed by atoms with Gasteiger partial charge in [0.15, 0.2) is 5.96 Å². The van der Waals surface area contributed by atoms with Gasteiger partial charge in [0.1, 0.15) is 0 Å². The van der Waals surface area contributed by atoms with E-state index in [2.05, 4.69) is 16.9 Å². The van der Waals surface area contributed by atoms with Crippen LogP contribution in [0.1, 0.15) is 5.56 Å². The Kier molecular flexibility index (Phi) is 4.68. The number of nitrogens with one attached hydrogen (secondary N) is 1. The van der Waals surface area contributed by atoms with Crippen LogP contribution < -0.4 is 11.1 Å². The Morgan fingerprint density at radius 3 is 2.71 bits per heavy atom. The number of nitrogens with two attached hydrogens (primary N) is 1. The molecule has 0 unspecified atom stereocenters. The lowest BCUT2D eigenvalue weighted by Crippen LogP contribution is -2.31. The summed E-state index contributed by atoms with van der Waals surface area (Å²) in [5.74, 6) is 0.322. The molecular weight excluding hydrogens is 220 g/mol. The Labute approximate surface area is 99.0 Å². The summed E-state index contributed by atoms with van der Waals surface area (Å²) in [5.41, 5.74) is 6.49. The first kappa shape index (κ1) is 12.7. The minimum atomic E-state index is -0.437. The molecule has 0 aliphatic rings. The van der Waals surface area contributed by atoms with Crippen molar-refractivity contribution in [3.05, 3.63) is 52.6 Å². The van der Waals surface area contributed by atoms with Crippen molar-refractivity contribution in [3.63, 3.8) is 0 Å². The molecule has 90 valence electrons. The molecule has 0 radical (unpaired) electrons. The average Bonchev–Trinajstić information content (AvgIpc) is 2.34. The monoisotopic (exact) mass is 234 g/mol. The van der Waals surface area contributed by atoms with Crippen LogP contribution in [-0.2, 0) is 6.54 Å². The summed E-state index contributed by atoms with van der Waals surface area (Å²) in [6, 6.07) is 6.20. The fourth-order valence-corrected chi connectivity index (χ4v) is 1.13. The molecule has 1 aromatic carbocycles. The van der Waals surface area contributed by atoms with Crippen molar-refractivity contribution in [2.24, 2.45) is 10.7 Å². The van der Waals surface area contributed by atoms with Gasteiger partial charge in [0.25, 0.3) is 5.69 Å².